The van der Waals surface area contributed by atoms with Crippen LogP contribution in [0.3, 0.4) is 0 Å². The first-order chi connectivity index (χ1) is 7.43. The molecule has 0 aliphatic carbocycles. The third-order valence-corrected chi connectivity index (χ3v) is 2.32. The summed E-state index contributed by atoms with van der Waals surface area (Å²) in [4.78, 5) is -1.98. The number of benzene rings is 1. The summed E-state index contributed by atoms with van der Waals surface area (Å²) in [6.07, 6.45) is -4.43. The molecule has 0 amide bonds. The number of azo groups is 1. The molecule has 0 N–H and O–H groups in total. The van der Waals surface area contributed by atoms with Gasteiger partial charge in [-0.2, -0.15) is 23.4 Å². The molecular weight excluding hydrogens is 289 g/mol. The van der Waals surface area contributed by atoms with Gasteiger partial charge in [0.1, 0.15) is 5.75 Å². The Morgan fingerprint density at radius 2 is 1.81 bits per heavy atom. The first-order valence-corrected chi connectivity index (χ1v) is 5.11. The standard InChI is InChI=1S/C9H8BrF3N2O/c1-16-7-4-2-6(3-5-7)14-15-8(10)9(11,12)13/h2-5,8H,1H3. The Morgan fingerprint density at radius 3 is 2.25 bits per heavy atom. The molecule has 1 aromatic rings. The Labute approximate surface area is 98.5 Å². The molecule has 0 aromatic heterocycles. The molecule has 0 aliphatic heterocycles. The molecule has 0 saturated heterocycles. The molecule has 3 nitrogen and oxygen atoms in total. The van der Waals surface area contributed by atoms with Crippen LogP contribution in [-0.4, -0.2) is 18.2 Å². The van der Waals surface area contributed by atoms with E-state index < -0.39 is 11.1 Å². The second-order valence-corrected chi connectivity index (χ2v) is 3.66. The molecule has 1 unspecified atom stereocenters. The van der Waals surface area contributed by atoms with Crippen molar-refractivity contribution in [2.24, 2.45) is 10.2 Å². The summed E-state index contributed by atoms with van der Waals surface area (Å²) in [5, 5.41) is 6.55. The number of hydrogen-bond donors (Lipinski definition) is 0. The number of rotatable bonds is 3. The third kappa shape index (κ3) is 3.80. The lowest BCUT2D eigenvalue weighted by Gasteiger charge is -2.07. The molecule has 88 valence electrons. The lowest BCUT2D eigenvalue weighted by Crippen LogP contribution is -2.19. The first-order valence-electron chi connectivity index (χ1n) is 4.19. The van der Waals surface area contributed by atoms with E-state index in [4.69, 9.17) is 4.74 Å². The Morgan fingerprint density at radius 1 is 1.25 bits per heavy atom. The van der Waals surface area contributed by atoms with Crippen molar-refractivity contribution in [2.75, 3.05) is 7.11 Å². The van der Waals surface area contributed by atoms with Gasteiger partial charge >= 0.3 is 6.18 Å². The number of halogens is 4. The molecular formula is C9H8BrF3N2O. The van der Waals surface area contributed by atoms with Gasteiger partial charge in [0.05, 0.1) is 12.8 Å². The highest BCUT2D eigenvalue weighted by molar-refractivity contribution is 9.09. The smallest absolute Gasteiger partial charge is 0.422 e. The van der Waals surface area contributed by atoms with E-state index in [1.807, 2.05) is 0 Å². The Balaban J connectivity index is 2.69. The summed E-state index contributed by atoms with van der Waals surface area (Å²) in [6, 6.07) is 6.20. The normalized spacial score (nSPS) is 14.1. The monoisotopic (exact) mass is 296 g/mol. The first kappa shape index (κ1) is 13.0. The predicted octanol–water partition coefficient (Wildman–Crippen LogP) is 4.06. The molecule has 0 spiro atoms. The van der Waals surface area contributed by atoms with Gasteiger partial charge in [0.2, 0.25) is 4.95 Å². The zero-order valence-electron chi connectivity index (χ0n) is 8.20. The molecule has 1 aromatic carbocycles. The molecule has 0 heterocycles. The van der Waals surface area contributed by atoms with E-state index in [0.717, 1.165) is 0 Å². The number of methoxy groups -OCH3 is 1. The fourth-order valence-corrected chi connectivity index (χ4v) is 0.923. The number of alkyl halides is 4. The molecule has 0 aliphatic rings. The second-order valence-electron chi connectivity index (χ2n) is 2.79. The molecule has 0 radical (unpaired) electrons. The van der Waals surface area contributed by atoms with E-state index in [1.165, 1.54) is 19.2 Å². The largest absolute Gasteiger partial charge is 0.497 e. The van der Waals surface area contributed by atoms with E-state index in [9.17, 15) is 13.2 Å². The van der Waals surface area contributed by atoms with Crippen molar-refractivity contribution >= 4 is 21.6 Å². The van der Waals surface area contributed by atoms with Gasteiger partial charge in [0, 0.05) is 0 Å². The van der Waals surface area contributed by atoms with Crippen LogP contribution in [0.4, 0.5) is 18.9 Å². The van der Waals surface area contributed by atoms with Crippen LogP contribution in [-0.2, 0) is 0 Å². The van der Waals surface area contributed by atoms with E-state index in [-0.39, 0.29) is 0 Å². The van der Waals surface area contributed by atoms with Crippen LogP contribution < -0.4 is 4.74 Å². The second kappa shape index (κ2) is 5.29. The van der Waals surface area contributed by atoms with Crippen molar-refractivity contribution in [3.05, 3.63) is 24.3 Å². The van der Waals surface area contributed by atoms with Crippen molar-refractivity contribution in [1.29, 1.82) is 0 Å². The SMILES string of the molecule is COc1ccc(N=NC(Br)C(F)(F)F)cc1. The lowest BCUT2D eigenvalue weighted by atomic mass is 10.3. The zero-order valence-corrected chi connectivity index (χ0v) is 9.79. The van der Waals surface area contributed by atoms with Crippen LogP contribution in [0.2, 0.25) is 0 Å². The van der Waals surface area contributed by atoms with Gasteiger partial charge in [-0.25, -0.2) is 0 Å². The average molecular weight is 297 g/mol. The lowest BCUT2D eigenvalue weighted by molar-refractivity contribution is -0.126. The van der Waals surface area contributed by atoms with Gasteiger partial charge in [-0.1, -0.05) is 15.9 Å². The highest BCUT2D eigenvalue weighted by Crippen LogP contribution is 2.28. The minimum Gasteiger partial charge on any atom is -0.497 e. The predicted molar refractivity (Wildman–Crippen MR) is 56.3 cm³/mol. The Hall–Kier alpha value is -1.11. The van der Waals surface area contributed by atoms with Gasteiger partial charge < -0.3 is 4.74 Å². The number of hydrogen-bond acceptors (Lipinski definition) is 3. The van der Waals surface area contributed by atoms with E-state index in [2.05, 4.69) is 26.2 Å². The molecule has 16 heavy (non-hydrogen) atoms. The van der Waals surface area contributed by atoms with Crippen molar-refractivity contribution in [2.45, 2.75) is 11.1 Å². The molecule has 0 bridgehead atoms. The molecule has 0 fully saturated rings. The fourth-order valence-electron chi connectivity index (χ4n) is 0.832. The maximum absolute atomic E-state index is 12.0. The maximum Gasteiger partial charge on any atom is 0.422 e. The van der Waals surface area contributed by atoms with Crippen molar-refractivity contribution in [1.82, 2.24) is 0 Å². The van der Waals surface area contributed by atoms with Crippen LogP contribution >= 0.6 is 15.9 Å². The summed E-state index contributed by atoms with van der Waals surface area (Å²) in [5.74, 6) is 0.602. The minimum absolute atomic E-state index is 0.328. The van der Waals surface area contributed by atoms with Crippen LogP contribution in [0.5, 0.6) is 5.75 Å². The fraction of sp³-hybridized carbons (Fsp3) is 0.333. The summed E-state index contributed by atoms with van der Waals surface area (Å²) >= 11 is 2.37. The quantitative estimate of drug-likeness (QED) is 0.470. The van der Waals surface area contributed by atoms with Gasteiger partial charge in [0.25, 0.3) is 0 Å². The summed E-state index contributed by atoms with van der Waals surface area (Å²) in [7, 11) is 1.49. The van der Waals surface area contributed by atoms with Crippen LogP contribution in [0.25, 0.3) is 0 Å². The van der Waals surface area contributed by atoms with Crippen LogP contribution in [0.1, 0.15) is 0 Å². The highest BCUT2D eigenvalue weighted by atomic mass is 79.9. The minimum atomic E-state index is -4.43. The Bertz CT molecular complexity index is 364. The van der Waals surface area contributed by atoms with Gasteiger partial charge in [-0.15, -0.1) is 0 Å². The van der Waals surface area contributed by atoms with Gasteiger partial charge in [-0.05, 0) is 24.3 Å². The van der Waals surface area contributed by atoms with Crippen molar-refractivity contribution in [3.63, 3.8) is 0 Å². The summed E-state index contributed by atoms with van der Waals surface area (Å²) in [6.45, 7) is 0. The van der Waals surface area contributed by atoms with E-state index >= 15 is 0 Å². The Kier molecular flexibility index (Phi) is 4.28. The van der Waals surface area contributed by atoms with E-state index in [0.29, 0.717) is 11.4 Å². The van der Waals surface area contributed by atoms with E-state index in [1.54, 1.807) is 12.1 Å². The zero-order chi connectivity index (χ0) is 12.2. The molecule has 7 heteroatoms. The number of ether oxygens (including phenoxy) is 1. The summed E-state index contributed by atoms with van der Waals surface area (Å²) in [5.41, 5.74) is 0.328. The highest BCUT2D eigenvalue weighted by Gasteiger charge is 2.38. The maximum atomic E-state index is 12.0. The molecule has 1 rings (SSSR count). The van der Waals surface area contributed by atoms with Gasteiger partial charge in [0.15, 0.2) is 0 Å². The molecule has 1 atom stereocenters. The van der Waals surface area contributed by atoms with Crippen molar-refractivity contribution < 1.29 is 17.9 Å². The average Bonchev–Trinajstić information content (AvgIpc) is 2.25. The third-order valence-electron chi connectivity index (χ3n) is 1.62. The number of nitrogens with zero attached hydrogens (tertiary/aromatic N) is 2. The molecule has 0 saturated carbocycles. The topological polar surface area (TPSA) is 34.0 Å². The van der Waals surface area contributed by atoms with Gasteiger partial charge in [-0.3, -0.25) is 0 Å². The summed E-state index contributed by atoms with van der Waals surface area (Å²) < 4.78 is 41.0. The van der Waals surface area contributed by atoms with Crippen LogP contribution in [0, 0.1) is 0 Å². The van der Waals surface area contributed by atoms with Crippen LogP contribution in [0.15, 0.2) is 34.5 Å². The van der Waals surface area contributed by atoms with Crippen molar-refractivity contribution in [3.8, 4) is 5.75 Å².